The van der Waals surface area contributed by atoms with Gasteiger partial charge in [-0.15, -0.1) is 9.90 Å². The van der Waals surface area contributed by atoms with Gasteiger partial charge in [-0.1, -0.05) is 6.07 Å². The fourth-order valence-corrected chi connectivity index (χ4v) is 4.11. The van der Waals surface area contributed by atoms with Gasteiger partial charge in [0.25, 0.3) is 0 Å². The minimum absolute atomic E-state index is 0.0194. The Hall–Kier alpha value is -3.82. The molecule has 0 unspecified atom stereocenters. The number of amides is 1. The Morgan fingerprint density at radius 1 is 1.16 bits per heavy atom. The van der Waals surface area contributed by atoms with Crippen molar-refractivity contribution in [1.82, 2.24) is 24.5 Å². The molecule has 5 rings (SSSR count). The average molecular weight is 422 g/mol. The second kappa shape index (κ2) is 7.78. The topological polar surface area (TPSA) is 108 Å². The van der Waals surface area contributed by atoms with Gasteiger partial charge in [-0.2, -0.15) is 5.10 Å². The summed E-state index contributed by atoms with van der Waals surface area (Å²) < 4.78 is 20.3. The molecule has 0 spiro atoms. The van der Waals surface area contributed by atoms with Crippen molar-refractivity contribution in [2.24, 2.45) is 5.92 Å². The van der Waals surface area contributed by atoms with Crippen LogP contribution in [0.3, 0.4) is 0 Å². The number of pyridine rings is 1. The van der Waals surface area contributed by atoms with Crippen LogP contribution in [0.4, 0.5) is 10.2 Å². The highest BCUT2D eigenvalue weighted by Gasteiger charge is 2.29. The van der Waals surface area contributed by atoms with Crippen molar-refractivity contribution in [3.63, 3.8) is 0 Å². The van der Waals surface area contributed by atoms with Crippen molar-refractivity contribution in [3.05, 3.63) is 65.3 Å². The Bertz CT molecular complexity index is 1300. The molecule has 1 aliphatic carbocycles. The number of hydrogen-bond donors (Lipinski definition) is 1. The number of nitrogens with one attached hydrogen (secondary N) is 1. The van der Waals surface area contributed by atoms with Gasteiger partial charge in [-0.05, 0) is 43.9 Å². The molecule has 0 aliphatic heterocycles. The Morgan fingerprint density at radius 3 is 2.81 bits per heavy atom. The molecular weight excluding hydrogens is 403 g/mol. The monoisotopic (exact) mass is 422 g/mol. The van der Waals surface area contributed by atoms with Crippen LogP contribution in [-0.2, 0) is 4.79 Å². The molecule has 10 heteroatoms. The summed E-state index contributed by atoms with van der Waals surface area (Å²) in [6.07, 6.45) is 7.24. The maximum Gasteiger partial charge on any atom is 0.420 e. The third-order valence-electron chi connectivity index (χ3n) is 5.63. The van der Waals surface area contributed by atoms with Crippen molar-refractivity contribution in [1.29, 1.82) is 0 Å². The molecule has 1 aliphatic rings. The predicted octanol–water partition coefficient (Wildman–Crippen LogP) is 3.08. The molecule has 1 amide bonds. The van der Waals surface area contributed by atoms with E-state index in [1.807, 2.05) is 0 Å². The summed E-state index contributed by atoms with van der Waals surface area (Å²) in [4.78, 5) is 30.2. The number of fused-ring (bicyclic) bond motifs is 1. The first-order chi connectivity index (χ1) is 15.1. The lowest BCUT2D eigenvalue weighted by molar-refractivity contribution is -0.121. The van der Waals surface area contributed by atoms with Crippen LogP contribution in [0.15, 0.2) is 58.1 Å². The molecule has 0 atom stereocenters. The number of hydrogen-bond acceptors (Lipinski definition) is 6. The first-order valence-electron chi connectivity index (χ1n) is 10.0. The lowest BCUT2D eigenvalue weighted by Crippen LogP contribution is -2.30. The van der Waals surface area contributed by atoms with E-state index in [4.69, 9.17) is 4.42 Å². The van der Waals surface area contributed by atoms with Crippen LogP contribution in [0.25, 0.3) is 16.8 Å². The number of oxazole rings is 1. The lowest BCUT2D eigenvalue weighted by Gasteiger charge is -2.27. The van der Waals surface area contributed by atoms with Crippen molar-refractivity contribution >= 4 is 22.8 Å². The van der Waals surface area contributed by atoms with E-state index >= 15 is 0 Å². The van der Waals surface area contributed by atoms with Gasteiger partial charge in [-0.25, -0.2) is 9.18 Å². The average Bonchev–Trinajstić information content (AvgIpc) is 3.37. The summed E-state index contributed by atoms with van der Waals surface area (Å²) in [6.45, 7) is 0. The van der Waals surface area contributed by atoms with Crippen LogP contribution >= 0.6 is 0 Å². The number of anilines is 1. The maximum atomic E-state index is 13.4. The molecule has 31 heavy (non-hydrogen) atoms. The first-order valence-corrected chi connectivity index (χ1v) is 10.0. The van der Waals surface area contributed by atoms with Gasteiger partial charge < -0.3 is 9.73 Å². The van der Waals surface area contributed by atoms with Gasteiger partial charge in [0, 0.05) is 24.2 Å². The number of aromatic nitrogens is 5. The molecule has 0 radical (unpaired) electrons. The summed E-state index contributed by atoms with van der Waals surface area (Å²) in [6, 6.07) is 7.63. The van der Waals surface area contributed by atoms with E-state index in [-0.39, 0.29) is 17.9 Å². The molecule has 1 fully saturated rings. The van der Waals surface area contributed by atoms with Gasteiger partial charge in [0.1, 0.15) is 5.82 Å². The summed E-state index contributed by atoms with van der Waals surface area (Å²) in [7, 11) is 0. The molecule has 3 heterocycles. The van der Waals surface area contributed by atoms with Crippen LogP contribution < -0.4 is 11.1 Å². The number of rotatable bonds is 4. The SMILES string of the molecule is O=C(Nc1cnn(-c2cccc(F)c2)n1)C1CCC(n2c(=O)oc3cnccc32)CC1. The fraction of sp³-hybridized carbons (Fsp3) is 0.286. The Balaban J connectivity index is 1.24. The minimum Gasteiger partial charge on any atom is -0.406 e. The molecule has 158 valence electrons. The summed E-state index contributed by atoms with van der Waals surface area (Å²) >= 11 is 0. The van der Waals surface area contributed by atoms with Crippen LogP contribution in [0.5, 0.6) is 0 Å². The molecule has 1 saturated carbocycles. The van der Waals surface area contributed by atoms with E-state index in [2.05, 4.69) is 20.5 Å². The molecule has 3 aromatic heterocycles. The molecule has 0 bridgehead atoms. The minimum atomic E-state index is -0.398. The third kappa shape index (κ3) is 3.72. The molecule has 4 aromatic rings. The number of halogens is 1. The highest BCUT2D eigenvalue weighted by atomic mass is 19.1. The van der Waals surface area contributed by atoms with E-state index in [0.717, 1.165) is 5.52 Å². The third-order valence-corrected chi connectivity index (χ3v) is 5.63. The van der Waals surface area contributed by atoms with Crippen molar-refractivity contribution in [3.8, 4) is 5.69 Å². The second-order valence-corrected chi connectivity index (χ2v) is 7.58. The van der Waals surface area contributed by atoms with E-state index in [1.54, 1.807) is 29.0 Å². The summed E-state index contributed by atoms with van der Waals surface area (Å²) in [5.41, 5.74) is 1.66. The Kier molecular flexibility index (Phi) is 4.81. The zero-order chi connectivity index (χ0) is 21.4. The number of carbonyl (C=O) groups is 1. The van der Waals surface area contributed by atoms with Crippen LogP contribution in [0.1, 0.15) is 31.7 Å². The number of nitrogens with zero attached hydrogens (tertiary/aromatic N) is 5. The van der Waals surface area contributed by atoms with Crippen LogP contribution in [0, 0.1) is 11.7 Å². The van der Waals surface area contributed by atoms with Crippen molar-refractivity contribution in [2.75, 3.05) is 5.32 Å². The fourth-order valence-electron chi connectivity index (χ4n) is 4.11. The number of carbonyl (C=O) groups excluding carboxylic acids is 1. The lowest BCUT2D eigenvalue weighted by atomic mass is 9.85. The molecular formula is C21H19FN6O3. The van der Waals surface area contributed by atoms with Gasteiger partial charge in [-0.3, -0.25) is 14.3 Å². The maximum absolute atomic E-state index is 13.4. The molecule has 1 aromatic carbocycles. The highest BCUT2D eigenvalue weighted by Crippen LogP contribution is 2.33. The van der Waals surface area contributed by atoms with Gasteiger partial charge in [0.15, 0.2) is 11.4 Å². The first kappa shape index (κ1) is 19.2. The van der Waals surface area contributed by atoms with E-state index in [1.165, 1.54) is 29.3 Å². The zero-order valence-electron chi connectivity index (χ0n) is 16.4. The van der Waals surface area contributed by atoms with E-state index < -0.39 is 11.6 Å². The zero-order valence-corrected chi connectivity index (χ0v) is 16.4. The quantitative estimate of drug-likeness (QED) is 0.542. The molecule has 1 N–H and O–H groups in total. The van der Waals surface area contributed by atoms with Gasteiger partial charge >= 0.3 is 5.76 Å². The number of benzene rings is 1. The Labute approximate surface area is 175 Å². The van der Waals surface area contributed by atoms with Crippen molar-refractivity contribution < 1.29 is 13.6 Å². The van der Waals surface area contributed by atoms with Gasteiger partial charge in [0.2, 0.25) is 5.91 Å². The van der Waals surface area contributed by atoms with Crippen LogP contribution in [-0.4, -0.2) is 30.5 Å². The summed E-state index contributed by atoms with van der Waals surface area (Å²) in [5, 5.41) is 11.1. The second-order valence-electron chi connectivity index (χ2n) is 7.58. The largest absolute Gasteiger partial charge is 0.420 e. The molecule has 9 nitrogen and oxygen atoms in total. The van der Waals surface area contributed by atoms with Crippen molar-refractivity contribution in [2.45, 2.75) is 31.7 Å². The summed E-state index contributed by atoms with van der Waals surface area (Å²) in [5.74, 6) is -0.812. The highest BCUT2D eigenvalue weighted by molar-refractivity contribution is 5.91. The molecule has 0 saturated heterocycles. The van der Waals surface area contributed by atoms with E-state index in [9.17, 15) is 14.0 Å². The smallest absolute Gasteiger partial charge is 0.406 e. The normalized spacial score (nSPS) is 18.9. The van der Waals surface area contributed by atoms with Crippen LogP contribution in [0.2, 0.25) is 0 Å². The predicted molar refractivity (Wildman–Crippen MR) is 109 cm³/mol. The van der Waals surface area contributed by atoms with Gasteiger partial charge in [0.05, 0.1) is 23.6 Å². The standard InChI is InChI=1S/C21H19FN6O3/c22-14-2-1-3-16(10-14)28-24-12-19(26-28)25-20(29)13-4-6-15(7-5-13)27-17-8-9-23-11-18(17)31-21(27)30/h1-3,8-13,15H,4-7H2,(H,25,26,29). The van der Waals surface area contributed by atoms with E-state index in [0.29, 0.717) is 42.8 Å². The Morgan fingerprint density at radius 2 is 2.00 bits per heavy atom.